The second-order valence-electron chi connectivity index (χ2n) is 3.87. The second-order valence-corrected chi connectivity index (χ2v) is 3.87. The highest BCUT2D eigenvalue weighted by atomic mass is 16.6. The first-order valence-electron chi connectivity index (χ1n) is 5.54. The van der Waals surface area contributed by atoms with E-state index in [1.54, 1.807) is 24.1 Å². The highest BCUT2D eigenvalue weighted by molar-refractivity contribution is 5.51. The lowest BCUT2D eigenvalue weighted by Crippen LogP contribution is -2.09. The molecule has 0 aliphatic heterocycles. The quantitative estimate of drug-likeness (QED) is 0.469. The topological polar surface area (TPSA) is 90.8 Å². The summed E-state index contributed by atoms with van der Waals surface area (Å²) in [5.74, 6) is 0.297. The van der Waals surface area contributed by atoms with Gasteiger partial charge in [0, 0.05) is 32.5 Å². The van der Waals surface area contributed by atoms with E-state index in [0.29, 0.717) is 12.4 Å². The lowest BCUT2D eigenvalue weighted by atomic mass is 10.4. The van der Waals surface area contributed by atoms with Gasteiger partial charge in [-0.15, -0.1) is 0 Å². The van der Waals surface area contributed by atoms with Gasteiger partial charge >= 0.3 is 5.82 Å². The van der Waals surface area contributed by atoms with Crippen molar-refractivity contribution in [1.82, 2.24) is 19.1 Å². The number of aryl methyl sites for hydroxylation is 2. The van der Waals surface area contributed by atoms with Crippen molar-refractivity contribution < 1.29 is 4.92 Å². The van der Waals surface area contributed by atoms with Crippen LogP contribution in [-0.2, 0) is 13.6 Å². The fourth-order valence-electron chi connectivity index (χ4n) is 1.64. The van der Waals surface area contributed by atoms with Crippen LogP contribution in [0.1, 0.15) is 6.42 Å². The fraction of sp³-hybridized carbons (Fsp3) is 0.400. The predicted molar refractivity (Wildman–Crippen MR) is 65.2 cm³/mol. The zero-order valence-electron chi connectivity index (χ0n) is 9.98. The third-order valence-electron chi connectivity index (χ3n) is 2.54. The van der Waals surface area contributed by atoms with E-state index in [4.69, 9.17) is 0 Å². The molecule has 2 aromatic rings. The molecule has 2 rings (SSSR count). The molecule has 0 amide bonds. The van der Waals surface area contributed by atoms with Gasteiger partial charge in [-0.2, -0.15) is 0 Å². The summed E-state index contributed by atoms with van der Waals surface area (Å²) >= 11 is 0. The van der Waals surface area contributed by atoms with Crippen LogP contribution in [0.4, 0.5) is 11.6 Å². The maximum atomic E-state index is 10.7. The van der Waals surface area contributed by atoms with Crippen molar-refractivity contribution in [2.24, 2.45) is 7.05 Å². The summed E-state index contributed by atoms with van der Waals surface area (Å²) in [5, 5.41) is 13.8. The first-order chi connectivity index (χ1) is 8.68. The molecule has 8 heteroatoms. The molecule has 0 bridgehead atoms. The number of hydrogen-bond donors (Lipinski definition) is 1. The lowest BCUT2D eigenvalue weighted by Gasteiger charge is -2.06. The molecular weight excluding hydrogens is 236 g/mol. The second kappa shape index (κ2) is 5.30. The van der Waals surface area contributed by atoms with Gasteiger partial charge in [-0.1, -0.05) is 0 Å². The summed E-state index contributed by atoms with van der Waals surface area (Å²) in [6.07, 6.45) is 7.62. The average molecular weight is 250 g/mol. The number of nitro groups is 1. The molecule has 0 saturated carbocycles. The molecule has 2 heterocycles. The molecule has 1 N–H and O–H groups in total. The van der Waals surface area contributed by atoms with E-state index >= 15 is 0 Å². The van der Waals surface area contributed by atoms with Crippen LogP contribution in [0.25, 0.3) is 0 Å². The number of nitrogens with one attached hydrogen (secondary N) is 1. The predicted octanol–water partition coefficient (Wildman–Crippen LogP) is 1.03. The molecule has 0 radical (unpaired) electrons. The number of nitrogens with zero attached hydrogens (tertiary/aromatic N) is 5. The van der Waals surface area contributed by atoms with Crippen LogP contribution in [0.2, 0.25) is 0 Å². The van der Waals surface area contributed by atoms with Gasteiger partial charge in [-0.05, 0) is 16.3 Å². The van der Waals surface area contributed by atoms with Gasteiger partial charge < -0.3 is 20.0 Å². The summed E-state index contributed by atoms with van der Waals surface area (Å²) in [4.78, 5) is 17.9. The summed E-state index contributed by atoms with van der Waals surface area (Å²) < 4.78 is 3.56. The Bertz CT molecular complexity index is 518. The van der Waals surface area contributed by atoms with E-state index in [2.05, 4.69) is 15.3 Å². The van der Waals surface area contributed by atoms with E-state index in [1.807, 2.05) is 10.8 Å². The molecule has 2 aromatic heterocycles. The number of rotatable bonds is 6. The van der Waals surface area contributed by atoms with Crippen molar-refractivity contribution in [2.75, 3.05) is 11.9 Å². The Kier molecular flexibility index (Phi) is 3.56. The van der Waals surface area contributed by atoms with E-state index in [-0.39, 0.29) is 5.82 Å². The zero-order chi connectivity index (χ0) is 13.0. The molecule has 0 fully saturated rings. The average Bonchev–Trinajstić information content (AvgIpc) is 2.94. The number of anilines is 1. The molecule has 0 saturated heterocycles. The lowest BCUT2D eigenvalue weighted by molar-refractivity contribution is -0.388. The highest BCUT2D eigenvalue weighted by Crippen LogP contribution is 2.20. The van der Waals surface area contributed by atoms with Gasteiger partial charge in [-0.3, -0.25) is 4.57 Å². The first kappa shape index (κ1) is 12.1. The summed E-state index contributed by atoms with van der Waals surface area (Å²) in [6, 6.07) is 0. The van der Waals surface area contributed by atoms with Gasteiger partial charge in [0.05, 0.1) is 6.33 Å². The van der Waals surface area contributed by atoms with E-state index in [9.17, 15) is 10.1 Å². The Balaban J connectivity index is 1.86. The Labute approximate surface area is 103 Å². The SMILES string of the molecule is Cn1cnc([N+](=O)[O-])c1NCCCn1ccnc1. The van der Waals surface area contributed by atoms with Crippen LogP contribution in [0.3, 0.4) is 0 Å². The molecule has 0 spiro atoms. The minimum Gasteiger partial charge on any atom is -0.364 e. The van der Waals surface area contributed by atoms with Crippen LogP contribution >= 0.6 is 0 Å². The van der Waals surface area contributed by atoms with Crippen LogP contribution in [-0.4, -0.2) is 30.6 Å². The largest absolute Gasteiger partial charge is 0.406 e. The van der Waals surface area contributed by atoms with Crippen LogP contribution in [0.5, 0.6) is 0 Å². The van der Waals surface area contributed by atoms with Crippen molar-refractivity contribution in [2.45, 2.75) is 13.0 Å². The molecule has 0 unspecified atom stereocenters. The van der Waals surface area contributed by atoms with Gasteiger partial charge in [0.25, 0.3) is 0 Å². The smallest absolute Gasteiger partial charge is 0.364 e. The first-order valence-corrected chi connectivity index (χ1v) is 5.54. The monoisotopic (exact) mass is 250 g/mol. The van der Waals surface area contributed by atoms with E-state index in [1.165, 1.54) is 6.33 Å². The molecule has 0 atom stereocenters. The number of aromatic nitrogens is 4. The third kappa shape index (κ3) is 2.65. The molecule has 96 valence electrons. The van der Waals surface area contributed by atoms with Crippen LogP contribution in [0.15, 0.2) is 25.0 Å². The highest BCUT2D eigenvalue weighted by Gasteiger charge is 2.18. The van der Waals surface area contributed by atoms with E-state index in [0.717, 1.165) is 13.0 Å². The minimum atomic E-state index is -0.488. The third-order valence-corrected chi connectivity index (χ3v) is 2.54. The molecule has 0 aromatic carbocycles. The zero-order valence-corrected chi connectivity index (χ0v) is 9.98. The Morgan fingerprint density at radius 2 is 2.33 bits per heavy atom. The number of hydrogen-bond acceptors (Lipinski definition) is 5. The Hall–Kier alpha value is -2.38. The molecular formula is C10H14N6O2. The maximum Gasteiger partial charge on any atom is 0.406 e. The van der Waals surface area contributed by atoms with Gasteiger partial charge in [0.15, 0.2) is 0 Å². The van der Waals surface area contributed by atoms with Crippen LogP contribution in [0, 0.1) is 10.1 Å². The summed E-state index contributed by atoms with van der Waals surface area (Å²) in [6.45, 7) is 1.46. The van der Waals surface area contributed by atoms with Crippen molar-refractivity contribution in [3.63, 3.8) is 0 Å². The standard InChI is InChI=1S/C10H14N6O2/c1-14-8-13-10(16(17)18)9(14)12-3-2-5-15-6-4-11-7-15/h4,6-8,12H,2-3,5H2,1H3. The molecule has 0 aliphatic rings. The van der Waals surface area contributed by atoms with Crippen molar-refractivity contribution in [3.05, 3.63) is 35.2 Å². The van der Waals surface area contributed by atoms with E-state index < -0.39 is 4.92 Å². The van der Waals surface area contributed by atoms with Crippen molar-refractivity contribution in [1.29, 1.82) is 0 Å². The Morgan fingerprint density at radius 1 is 1.50 bits per heavy atom. The van der Waals surface area contributed by atoms with Gasteiger partial charge in [0.2, 0.25) is 12.1 Å². The van der Waals surface area contributed by atoms with Gasteiger partial charge in [-0.25, -0.2) is 4.98 Å². The van der Waals surface area contributed by atoms with Crippen molar-refractivity contribution in [3.8, 4) is 0 Å². The maximum absolute atomic E-state index is 10.7. The summed E-state index contributed by atoms with van der Waals surface area (Å²) in [7, 11) is 1.72. The molecule has 0 aliphatic carbocycles. The fourth-order valence-corrected chi connectivity index (χ4v) is 1.64. The number of imidazole rings is 2. The summed E-state index contributed by atoms with van der Waals surface area (Å²) in [5.41, 5.74) is 0. The van der Waals surface area contributed by atoms with Crippen LogP contribution < -0.4 is 5.32 Å². The normalized spacial score (nSPS) is 10.5. The molecule has 18 heavy (non-hydrogen) atoms. The van der Waals surface area contributed by atoms with Crippen molar-refractivity contribution >= 4 is 11.6 Å². The Morgan fingerprint density at radius 3 is 3.00 bits per heavy atom. The minimum absolute atomic E-state index is 0.139. The molecule has 8 nitrogen and oxygen atoms in total. The van der Waals surface area contributed by atoms with Gasteiger partial charge in [0.1, 0.15) is 0 Å².